The standard InChI is InChI=1S/C16H21FN2O2/c1-11(2)8-18-9-13-5-4-6-15(17)16(13)20-10-14-7-12(3)19-21-14/h4-7,11,18H,8-10H2,1-3H3. The van der Waals surface area contributed by atoms with Crippen LogP contribution in [0.2, 0.25) is 0 Å². The first-order chi connectivity index (χ1) is 10.1. The fourth-order valence-corrected chi connectivity index (χ4v) is 1.98. The molecule has 4 nitrogen and oxygen atoms in total. The van der Waals surface area contributed by atoms with E-state index in [0.717, 1.165) is 17.8 Å². The van der Waals surface area contributed by atoms with Crippen molar-refractivity contribution in [3.63, 3.8) is 0 Å². The summed E-state index contributed by atoms with van der Waals surface area (Å²) in [7, 11) is 0. The summed E-state index contributed by atoms with van der Waals surface area (Å²) in [6.45, 7) is 7.69. The Morgan fingerprint density at radius 2 is 2.19 bits per heavy atom. The van der Waals surface area contributed by atoms with Crippen molar-refractivity contribution >= 4 is 0 Å². The smallest absolute Gasteiger partial charge is 0.174 e. The summed E-state index contributed by atoms with van der Waals surface area (Å²) in [5, 5.41) is 7.07. The molecule has 114 valence electrons. The van der Waals surface area contributed by atoms with E-state index in [-0.39, 0.29) is 18.2 Å². The molecule has 2 aromatic rings. The van der Waals surface area contributed by atoms with Crippen molar-refractivity contribution in [2.24, 2.45) is 5.92 Å². The molecule has 5 heteroatoms. The molecular weight excluding hydrogens is 271 g/mol. The molecule has 0 aliphatic carbocycles. The Morgan fingerprint density at radius 1 is 1.38 bits per heavy atom. The highest BCUT2D eigenvalue weighted by Crippen LogP contribution is 2.24. The first kappa shape index (κ1) is 15.5. The molecule has 0 bridgehead atoms. The van der Waals surface area contributed by atoms with Crippen molar-refractivity contribution in [2.45, 2.75) is 33.9 Å². The van der Waals surface area contributed by atoms with Gasteiger partial charge in [0.15, 0.2) is 17.3 Å². The molecule has 0 spiro atoms. The predicted octanol–water partition coefficient (Wildman–Crippen LogP) is 3.45. The van der Waals surface area contributed by atoms with Crippen LogP contribution in [0.25, 0.3) is 0 Å². The van der Waals surface area contributed by atoms with E-state index in [0.29, 0.717) is 18.2 Å². The van der Waals surface area contributed by atoms with Crippen LogP contribution in [0.15, 0.2) is 28.8 Å². The van der Waals surface area contributed by atoms with Gasteiger partial charge in [0, 0.05) is 18.2 Å². The fourth-order valence-electron chi connectivity index (χ4n) is 1.98. The number of nitrogens with one attached hydrogen (secondary N) is 1. The van der Waals surface area contributed by atoms with Crippen LogP contribution in [0.5, 0.6) is 5.75 Å². The Bertz CT molecular complexity index is 581. The molecule has 1 aromatic carbocycles. The second-order valence-corrected chi connectivity index (χ2v) is 5.48. The van der Waals surface area contributed by atoms with Gasteiger partial charge in [0.25, 0.3) is 0 Å². The quantitative estimate of drug-likeness (QED) is 0.849. The molecule has 0 amide bonds. The van der Waals surface area contributed by atoms with Gasteiger partial charge in [-0.15, -0.1) is 0 Å². The summed E-state index contributed by atoms with van der Waals surface area (Å²) >= 11 is 0. The Labute approximate surface area is 124 Å². The van der Waals surface area contributed by atoms with Crippen LogP contribution >= 0.6 is 0 Å². The van der Waals surface area contributed by atoms with E-state index >= 15 is 0 Å². The summed E-state index contributed by atoms with van der Waals surface area (Å²) < 4.78 is 24.6. The first-order valence-electron chi connectivity index (χ1n) is 7.09. The molecule has 1 N–H and O–H groups in total. The van der Waals surface area contributed by atoms with Gasteiger partial charge in [-0.1, -0.05) is 31.1 Å². The van der Waals surface area contributed by atoms with Gasteiger partial charge in [-0.3, -0.25) is 0 Å². The molecule has 0 aliphatic heterocycles. The lowest BCUT2D eigenvalue weighted by Gasteiger charge is -2.13. The van der Waals surface area contributed by atoms with Gasteiger partial charge in [0.1, 0.15) is 6.61 Å². The third-order valence-electron chi connectivity index (χ3n) is 2.95. The maximum atomic E-state index is 13.9. The third-order valence-corrected chi connectivity index (χ3v) is 2.95. The molecule has 21 heavy (non-hydrogen) atoms. The second kappa shape index (κ2) is 7.22. The zero-order chi connectivity index (χ0) is 15.2. The molecule has 0 fully saturated rings. The van der Waals surface area contributed by atoms with Crippen LogP contribution in [0.1, 0.15) is 30.9 Å². The van der Waals surface area contributed by atoms with E-state index in [9.17, 15) is 4.39 Å². The lowest BCUT2D eigenvalue weighted by atomic mass is 10.1. The minimum Gasteiger partial charge on any atom is -0.482 e. The topological polar surface area (TPSA) is 47.3 Å². The SMILES string of the molecule is Cc1cc(COc2c(F)cccc2CNCC(C)C)on1. The van der Waals surface area contributed by atoms with Crippen molar-refractivity contribution in [2.75, 3.05) is 6.54 Å². The lowest BCUT2D eigenvalue weighted by Crippen LogP contribution is -2.19. The van der Waals surface area contributed by atoms with Crippen LogP contribution < -0.4 is 10.1 Å². The van der Waals surface area contributed by atoms with E-state index in [4.69, 9.17) is 9.26 Å². The van der Waals surface area contributed by atoms with E-state index < -0.39 is 0 Å². The molecule has 0 saturated heterocycles. The number of nitrogens with zero attached hydrogens (tertiary/aromatic N) is 1. The summed E-state index contributed by atoms with van der Waals surface area (Å²) in [4.78, 5) is 0. The summed E-state index contributed by atoms with van der Waals surface area (Å²) in [5.41, 5.74) is 1.58. The number of aromatic nitrogens is 1. The van der Waals surface area contributed by atoms with Crippen molar-refractivity contribution in [1.82, 2.24) is 10.5 Å². The number of ether oxygens (including phenoxy) is 1. The maximum Gasteiger partial charge on any atom is 0.174 e. The highest BCUT2D eigenvalue weighted by Gasteiger charge is 2.11. The van der Waals surface area contributed by atoms with Gasteiger partial charge in [0.2, 0.25) is 0 Å². The van der Waals surface area contributed by atoms with Crippen LogP contribution in [-0.2, 0) is 13.2 Å². The normalized spacial score (nSPS) is 11.1. The van der Waals surface area contributed by atoms with Gasteiger partial charge in [-0.2, -0.15) is 0 Å². The monoisotopic (exact) mass is 292 g/mol. The van der Waals surface area contributed by atoms with Crippen molar-refractivity contribution in [1.29, 1.82) is 0 Å². The zero-order valence-electron chi connectivity index (χ0n) is 12.6. The summed E-state index contributed by atoms with van der Waals surface area (Å²) in [6.07, 6.45) is 0. The van der Waals surface area contributed by atoms with Crippen LogP contribution in [-0.4, -0.2) is 11.7 Å². The van der Waals surface area contributed by atoms with Crippen molar-refractivity contribution in [3.8, 4) is 5.75 Å². The van der Waals surface area contributed by atoms with Crippen LogP contribution in [0, 0.1) is 18.7 Å². The van der Waals surface area contributed by atoms with E-state index in [2.05, 4.69) is 24.3 Å². The van der Waals surface area contributed by atoms with Gasteiger partial charge in [-0.05, 0) is 25.5 Å². The van der Waals surface area contributed by atoms with Crippen molar-refractivity contribution in [3.05, 3.63) is 47.1 Å². The highest BCUT2D eigenvalue weighted by atomic mass is 19.1. The van der Waals surface area contributed by atoms with E-state index in [1.807, 2.05) is 13.0 Å². The maximum absolute atomic E-state index is 13.9. The first-order valence-corrected chi connectivity index (χ1v) is 7.09. The van der Waals surface area contributed by atoms with Crippen LogP contribution in [0.3, 0.4) is 0 Å². The fraction of sp³-hybridized carbons (Fsp3) is 0.438. The lowest BCUT2D eigenvalue weighted by molar-refractivity contribution is 0.237. The van der Waals surface area contributed by atoms with E-state index in [1.54, 1.807) is 12.1 Å². The van der Waals surface area contributed by atoms with Gasteiger partial charge >= 0.3 is 0 Å². The number of aryl methyl sites for hydroxylation is 1. The second-order valence-electron chi connectivity index (χ2n) is 5.48. The number of rotatable bonds is 7. The molecule has 0 atom stereocenters. The van der Waals surface area contributed by atoms with Crippen LogP contribution in [0.4, 0.5) is 4.39 Å². The molecule has 0 unspecified atom stereocenters. The Hall–Kier alpha value is -1.88. The molecule has 1 heterocycles. The minimum atomic E-state index is -0.366. The van der Waals surface area contributed by atoms with Gasteiger partial charge in [0.05, 0.1) is 5.69 Å². The number of benzene rings is 1. The van der Waals surface area contributed by atoms with E-state index in [1.165, 1.54) is 6.07 Å². The number of para-hydroxylation sites is 1. The number of hydrogen-bond acceptors (Lipinski definition) is 4. The Kier molecular flexibility index (Phi) is 5.33. The zero-order valence-corrected chi connectivity index (χ0v) is 12.6. The molecular formula is C16H21FN2O2. The third kappa shape index (κ3) is 4.56. The van der Waals surface area contributed by atoms with Crippen molar-refractivity contribution < 1.29 is 13.7 Å². The average molecular weight is 292 g/mol. The minimum absolute atomic E-state index is 0.166. The highest BCUT2D eigenvalue weighted by molar-refractivity contribution is 5.35. The average Bonchev–Trinajstić information content (AvgIpc) is 2.83. The summed E-state index contributed by atoms with van der Waals surface area (Å²) in [6, 6.07) is 6.72. The molecule has 1 aromatic heterocycles. The largest absolute Gasteiger partial charge is 0.482 e. The Morgan fingerprint density at radius 3 is 2.86 bits per heavy atom. The predicted molar refractivity (Wildman–Crippen MR) is 78.5 cm³/mol. The number of hydrogen-bond donors (Lipinski definition) is 1. The Balaban J connectivity index is 2.02. The number of halogens is 1. The molecule has 0 radical (unpaired) electrons. The van der Waals surface area contributed by atoms with Gasteiger partial charge < -0.3 is 14.6 Å². The van der Waals surface area contributed by atoms with Gasteiger partial charge in [-0.25, -0.2) is 4.39 Å². The molecule has 0 saturated carbocycles. The molecule has 2 rings (SSSR count). The molecule has 0 aliphatic rings. The summed E-state index contributed by atoms with van der Waals surface area (Å²) in [5.74, 6) is 1.02.